The number of nitrogens with one attached hydrogen (secondary N) is 1. The molecule has 2 aromatic rings. The largest absolute Gasteiger partial charge is 0.465 e. The number of aromatic amines is 1. The number of H-pyrrole nitrogens is 1. The maximum atomic E-state index is 11.5. The van der Waals surface area contributed by atoms with Crippen molar-refractivity contribution in [1.29, 1.82) is 0 Å². The summed E-state index contributed by atoms with van der Waals surface area (Å²) in [7, 11) is 2.62. The maximum Gasteiger partial charge on any atom is 0.340 e. The van der Waals surface area contributed by atoms with Crippen LogP contribution in [0.4, 0.5) is 0 Å². The van der Waals surface area contributed by atoms with Gasteiger partial charge >= 0.3 is 11.9 Å². The SMILES string of the molecule is COC(=O)c1ccc2[nH]cc(C(=O)OC)c2c1. The molecule has 1 heterocycles. The number of aromatic nitrogens is 1. The fourth-order valence-electron chi connectivity index (χ4n) is 1.64. The fraction of sp³-hybridized carbons (Fsp3) is 0.167. The molecule has 2 rings (SSSR count). The molecule has 5 heteroatoms. The summed E-state index contributed by atoms with van der Waals surface area (Å²) >= 11 is 0. The minimum atomic E-state index is -0.446. The van der Waals surface area contributed by atoms with Gasteiger partial charge in [0.2, 0.25) is 0 Å². The molecule has 0 aliphatic heterocycles. The molecule has 17 heavy (non-hydrogen) atoms. The summed E-state index contributed by atoms with van der Waals surface area (Å²) in [4.78, 5) is 25.8. The highest BCUT2D eigenvalue weighted by Crippen LogP contribution is 2.20. The van der Waals surface area contributed by atoms with Crippen LogP contribution in [0.15, 0.2) is 24.4 Å². The van der Waals surface area contributed by atoms with Crippen LogP contribution in [0, 0.1) is 0 Å². The van der Waals surface area contributed by atoms with Gasteiger partial charge < -0.3 is 14.5 Å². The summed E-state index contributed by atoms with van der Waals surface area (Å²) in [6.07, 6.45) is 1.55. The third kappa shape index (κ3) is 1.87. The Morgan fingerprint density at radius 1 is 1.12 bits per heavy atom. The van der Waals surface area contributed by atoms with Crippen LogP contribution in [0.5, 0.6) is 0 Å². The minimum Gasteiger partial charge on any atom is -0.465 e. The lowest BCUT2D eigenvalue weighted by atomic mass is 10.1. The van der Waals surface area contributed by atoms with Gasteiger partial charge in [-0.3, -0.25) is 0 Å². The van der Waals surface area contributed by atoms with Crippen molar-refractivity contribution in [2.24, 2.45) is 0 Å². The number of fused-ring (bicyclic) bond motifs is 1. The first-order chi connectivity index (χ1) is 8.17. The molecule has 0 bridgehead atoms. The van der Waals surface area contributed by atoms with Crippen molar-refractivity contribution in [1.82, 2.24) is 4.98 Å². The van der Waals surface area contributed by atoms with E-state index in [4.69, 9.17) is 0 Å². The minimum absolute atomic E-state index is 0.393. The van der Waals surface area contributed by atoms with Gasteiger partial charge in [0.05, 0.1) is 25.3 Å². The van der Waals surface area contributed by atoms with Crippen LogP contribution in [-0.4, -0.2) is 31.1 Å². The van der Waals surface area contributed by atoms with E-state index in [2.05, 4.69) is 14.5 Å². The van der Waals surface area contributed by atoms with Crippen molar-refractivity contribution >= 4 is 22.8 Å². The Bertz CT molecular complexity index is 585. The predicted molar refractivity (Wildman–Crippen MR) is 61.0 cm³/mol. The Kier molecular flexibility index (Phi) is 2.82. The van der Waals surface area contributed by atoms with Crippen LogP contribution in [0.25, 0.3) is 10.9 Å². The number of benzene rings is 1. The summed E-state index contributed by atoms with van der Waals surface area (Å²) < 4.78 is 9.28. The Morgan fingerprint density at radius 2 is 1.82 bits per heavy atom. The number of rotatable bonds is 2. The summed E-state index contributed by atoms with van der Waals surface area (Å²) in [5.41, 5.74) is 1.55. The van der Waals surface area contributed by atoms with Crippen LogP contribution >= 0.6 is 0 Å². The van der Waals surface area contributed by atoms with Crippen LogP contribution in [0.1, 0.15) is 20.7 Å². The molecule has 1 aromatic heterocycles. The van der Waals surface area contributed by atoms with Gasteiger partial charge in [-0.05, 0) is 18.2 Å². The second-order valence-electron chi connectivity index (χ2n) is 3.45. The molecule has 1 N–H and O–H groups in total. The first-order valence-electron chi connectivity index (χ1n) is 4.95. The average Bonchev–Trinajstić information content (AvgIpc) is 2.79. The number of hydrogen-bond acceptors (Lipinski definition) is 4. The third-order valence-electron chi connectivity index (χ3n) is 2.51. The number of esters is 2. The Morgan fingerprint density at radius 3 is 2.47 bits per heavy atom. The molecule has 0 unspecified atom stereocenters. The van der Waals surface area contributed by atoms with E-state index in [9.17, 15) is 9.59 Å². The zero-order chi connectivity index (χ0) is 12.4. The molecular formula is C12H11NO4. The first kappa shape index (κ1) is 11.2. The van der Waals surface area contributed by atoms with E-state index in [1.165, 1.54) is 14.2 Å². The predicted octanol–water partition coefficient (Wildman–Crippen LogP) is 1.74. The van der Waals surface area contributed by atoms with E-state index in [0.717, 1.165) is 5.52 Å². The first-order valence-corrected chi connectivity index (χ1v) is 4.95. The molecule has 0 radical (unpaired) electrons. The van der Waals surface area contributed by atoms with Gasteiger partial charge in [-0.2, -0.15) is 0 Å². The molecule has 5 nitrogen and oxygen atoms in total. The van der Waals surface area contributed by atoms with Crippen LogP contribution in [0.3, 0.4) is 0 Å². The van der Waals surface area contributed by atoms with E-state index >= 15 is 0 Å². The lowest BCUT2D eigenvalue weighted by Crippen LogP contribution is -2.02. The lowest BCUT2D eigenvalue weighted by molar-refractivity contribution is 0.0591. The van der Waals surface area contributed by atoms with Gasteiger partial charge in [0.1, 0.15) is 0 Å². The monoisotopic (exact) mass is 233 g/mol. The van der Waals surface area contributed by atoms with E-state index in [0.29, 0.717) is 16.5 Å². The highest BCUT2D eigenvalue weighted by molar-refractivity contribution is 6.06. The summed E-state index contributed by atoms with van der Waals surface area (Å²) in [5, 5.41) is 0.639. The van der Waals surface area contributed by atoms with Gasteiger partial charge in [-0.15, -0.1) is 0 Å². The van der Waals surface area contributed by atoms with Gasteiger partial charge in [-0.1, -0.05) is 0 Å². The topological polar surface area (TPSA) is 68.4 Å². The Labute approximate surface area is 97.3 Å². The summed E-state index contributed by atoms with van der Waals surface area (Å²) in [6.45, 7) is 0. The summed E-state index contributed by atoms with van der Waals surface area (Å²) in [6, 6.07) is 4.95. The number of methoxy groups -OCH3 is 2. The molecular weight excluding hydrogens is 222 g/mol. The van der Waals surface area contributed by atoms with Crippen LogP contribution < -0.4 is 0 Å². The Balaban J connectivity index is 2.58. The van der Waals surface area contributed by atoms with Crippen molar-refractivity contribution < 1.29 is 19.1 Å². The van der Waals surface area contributed by atoms with E-state index in [-0.39, 0.29) is 0 Å². The molecule has 0 saturated carbocycles. The zero-order valence-corrected chi connectivity index (χ0v) is 9.44. The third-order valence-corrected chi connectivity index (χ3v) is 2.51. The molecule has 0 amide bonds. The zero-order valence-electron chi connectivity index (χ0n) is 9.44. The van der Waals surface area contributed by atoms with Gasteiger partial charge in [0, 0.05) is 17.1 Å². The second-order valence-corrected chi connectivity index (χ2v) is 3.45. The fourth-order valence-corrected chi connectivity index (χ4v) is 1.64. The highest BCUT2D eigenvalue weighted by Gasteiger charge is 2.14. The average molecular weight is 233 g/mol. The second kappa shape index (κ2) is 4.29. The van der Waals surface area contributed by atoms with Crippen molar-refractivity contribution in [3.8, 4) is 0 Å². The van der Waals surface area contributed by atoms with Gasteiger partial charge in [-0.25, -0.2) is 9.59 Å². The quantitative estimate of drug-likeness (QED) is 0.802. The molecule has 0 fully saturated rings. The van der Waals surface area contributed by atoms with Crippen molar-refractivity contribution in [3.05, 3.63) is 35.5 Å². The van der Waals surface area contributed by atoms with E-state index < -0.39 is 11.9 Å². The van der Waals surface area contributed by atoms with Crippen molar-refractivity contribution in [2.45, 2.75) is 0 Å². The highest BCUT2D eigenvalue weighted by atomic mass is 16.5. The van der Waals surface area contributed by atoms with Gasteiger partial charge in [0.15, 0.2) is 0 Å². The van der Waals surface area contributed by atoms with Crippen LogP contribution in [0.2, 0.25) is 0 Å². The number of hydrogen-bond donors (Lipinski definition) is 1. The van der Waals surface area contributed by atoms with Crippen LogP contribution in [-0.2, 0) is 9.47 Å². The standard InChI is InChI=1S/C12H11NO4/c1-16-11(14)7-3-4-10-8(5-7)9(6-13-10)12(15)17-2/h3-6,13H,1-2H3. The van der Waals surface area contributed by atoms with Gasteiger partial charge in [0.25, 0.3) is 0 Å². The molecule has 0 atom stereocenters. The lowest BCUT2D eigenvalue weighted by Gasteiger charge is -2.00. The summed E-state index contributed by atoms with van der Waals surface area (Å²) in [5.74, 6) is -0.887. The normalized spacial score (nSPS) is 10.2. The van der Waals surface area contributed by atoms with E-state index in [1.807, 2.05) is 0 Å². The molecule has 1 aromatic carbocycles. The molecule has 0 spiro atoms. The molecule has 0 aliphatic rings. The number of carbonyl (C=O) groups is 2. The molecule has 0 aliphatic carbocycles. The molecule has 88 valence electrons. The number of ether oxygens (including phenoxy) is 2. The molecule has 0 saturated heterocycles. The smallest absolute Gasteiger partial charge is 0.340 e. The van der Waals surface area contributed by atoms with Crippen molar-refractivity contribution in [3.63, 3.8) is 0 Å². The maximum absolute atomic E-state index is 11.5. The number of carbonyl (C=O) groups excluding carboxylic acids is 2. The van der Waals surface area contributed by atoms with Crippen molar-refractivity contribution in [2.75, 3.05) is 14.2 Å². The van der Waals surface area contributed by atoms with E-state index in [1.54, 1.807) is 24.4 Å². The Hall–Kier alpha value is -2.30.